The van der Waals surface area contributed by atoms with E-state index in [1.165, 1.54) is 10.9 Å². The molecule has 0 saturated carbocycles. The average Bonchev–Trinajstić information content (AvgIpc) is 3.12. The molecular weight excluding hydrogens is 353 g/mol. The van der Waals surface area contributed by atoms with Crippen LogP contribution in [0.25, 0.3) is 11.4 Å². The van der Waals surface area contributed by atoms with E-state index in [2.05, 4.69) is 20.7 Å². The third-order valence-electron chi connectivity index (χ3n) is 3.55. The standard InChI is InChI=1S/C18H18FN5OS/c19-16-9-5-4-8-15(16)13-26-11-10-20-17(25)12-24-22-18(21-23-24)14-6-2-1-3-7-14/h1-9H,10-13H2,(H,20,25). The molecule has 6 nitrogen and oxygen atoms in total. The topological polar surface area (TPSA) is 72.7 Å². The first-order valence-electron chi connectivity index (χ1n) is 8.13. The average molecular weight is 371 g/mol. The summed E-state index contributed by atoms with van der Waals surface area (Å²) in [5.41, 5.74) is 1.52. The van der Waals surface area contributed by atoms with Crippen LogP contribution in [-0.2, 0) is 17.1 Å². The predicted octanol–water partition coefficient (Wildman–Crippen LogP) is 2.53. The van der Waals surface area contributed by atoms with Crippen molar-refractivity contribution < 1.29 is 9.18 Å². The number of halogens is 1. The smallest absolute Gasteiger partial charge is 0.243 e. The van der Waals surface area contributed by atoms with Gasteiger partial charge in [0.05, 0.1) is 0 Å². The predicted molar refractivity (Wildman–Crippen MR) is 98.8 cm³/mol. The zero-order valence-corrected chi connectivity index (χ0v) is 14.8. The number of tetrazole rings is 1. The zero-order chi connectivity index (χ0) is 18.2. The molecule has 1 heterocycles. The van der Waals surface area contributed by atoms with Crippen LogP contribution in [0.2, 0.25) is 0 Å². The number of aromatic nitrogens is 4. The second kappa shape index (κ2) is 9.10. The highest BCUT2D eigenvalue weighted by Gasteiger charge is 2.08. The monoisotopic (exact) mass is 371 g/mol. The lowest BCUT2D eigenvalue weighted by atomic mass is 10.2. The second-order valence-corrected chi connectivity index (χ2v) is 6.61. The van der Waals surface area contributed by atoms with Crippen molar-refractivity contribution >= 4 is 17.7 Å². The van der Waals surface area contributed by atoms with Crippen LogP contribution < -0.4 is 5.32 Å². The number of benzene rings is 2. The Kier molecular flexibility index (Phi) is 6.32. The maximum Gasteiger partial charge on any atom is 0.243 e. The fourth-order valence-corrected chi connectivity index (χ4v) is 3.10. The quantitative estimate of drug-likeness (QED) is 0.616. The number of amides is 1. The molecule has 0 atom stereocenters. The summed E-state index contributed by atoms with van der Waals surface area (Å²) in [7, 11) is 0. The van der Waals surface area contributed by atoms with Crippen molar-refractivity contribution in [1.29, 1.82) is 0 Å². The lowest BCUT2D eigenvalue weighted by Gasteiger charge is -2.05. The van der Waals surface area contributed by atoms with Crippen LogP contribution in [0.1, 0.15) is 5.56 Å². The van der Waals surface area contributed by atoms with Crippen molar-refractivity contribution in [3.63, 3.8) is 0 Å². The lowest BCUT2D eigenvalue weighted by Crippen LogP contribution is -2.30. The third-order valence-corrected chi connectivity index (χ3v) is 4.56. The minimum Gasteiger partial charge on any atom is -0.354 e. The molecule has 8 heteroatoms. The van der Waals surface area contributed by atoms with Gasteiger partial charge in [0.1, 0.15) is 12.4 Å². The number of carbonyl (C=O) groups is 1. The van der Waals surface area contributed by atoms with Crippen LogP contribution in [0.5, 0.6) is 0 Å². The normalized spacial score (nSPS) is 10.7. The molecule has 0 aliphatic heterocycles. The Balaban J connectivity index is 1.38. The minimum absolute atomic E-state index is 0.0117. The number of hydrogen-bond donors (Lipinski definition) is 1. The van der Waals surface area contributed by atoms with Crippen LogP contribution in [0.15, 0.2) is 54.6 Å². The number of carbonyl (C=O) groups excluding carboxylic acids is 1. The first-order chi connectivity index (χ1) is 12.7. The van der Waals surface area contributed by atoms with Crippen LogP contribution in [-0.4, -0.2) is 38.4 Å². The van der Waals surface area contributed by atoms with Gasteiger partial charge in [-0.25, -0.2) is 4.39 Å². The number of nitrogens with one attached hydrogen (secondary N) is 1. The van der Waals surface area contributed by atoms with Gasteiger partial charge in [0, 0.05) is 23.6 Å². The molecule has 3 rings (SSSR count). The van der Waals surface area contributed by atoms with Crippen molar-refractivity contribution in [2.75, 3.05) is 12.3 Å². The molecule has 0 bridgehead atoms. The van der Waals surface area contributed by atoms with Crippen molar-refractivity contribution in [1.82, 2.24) is 25.5 Å². The molecule has 134 valence electrons. The van der Waals surface area contributed by atoms with Gasteiger partial charge in [-0.3, -0.25) is 4.79 Å². The molecule has 0 aliphatic rings. The maximum absolute atomic E-state index is 13.5. The van der Waals surface area contributed by atoms with E-state index in [0.717, 1.165) is 5.56 Å². The molecule has 3 aromatic rings. The van der Waals surface area contributed by atoms with Gasteiger partial charge < -0.3 is 5.32 Å². The van der Waals surface area contributed by atoms with Gasteiger partial charge in [0.25, 0.3) is 0 Å². The van der Waals surface area contributed by atoms with E-state index >= 15 is 0 Å². The maximum atomic E-state index is 13.5. The summed E-state index contributed by atoms with van der Waals surface area (Å²) in [4.78, 5) is 13.2. The number of rotatable bonds is 8. The highest BCUT2D eigenvalue weighted by molar-refractivity contribution is 7.98. The van der Waals surface area contributed by atoms with Crippen molar-refractivity contribution in [3.05, 3.63) is 66.0 Å². The minimum atomic E-state index is -0.199. The summed E-state index contributed by atoms with van der Waals surface area (Å²) >= 11 is 1.57. The molecule has 0 saturated heterocycles. The highest BCUT2D eigenvalue weighted by Crippen LogP contribution is 2.14. The summed E-state index contributed by atoms with van der Waals surface area (Å²) in [5.74, 6) is 1.37. The molecule has 0 unspecified atom stereocenters. The van der Waals surface area contributed by atoms with Gasteiger partial charge in [0.15, 0.2) is 0 Å². The zero-order valence-electron chi connectivity index (χ0n) is 14.0. The Morgan fingerprint density at radius 1 is 1.12 bits per heavy atom. The Hall–Kier alpha value is -2.74. The van der Waals surface area contributed by atoms with Gasteiger partial charge in [-0.05, 0) is 16.8 Å². The molecular formula is C18H18FN5OS. The van der Waals surface area contributed by atoms with E-state index < -0.39 is 0 Å². The van der Waals surface area contributed by atoms with Crippen LogP contribution in [0.3, 0.4) is 0 Å². The summed E-state index contributed by atoms with van der Waals surface area (Å²) in [6, 6.07) is 16.2. The Morgan fingerprint density at radius 3 is 2.69 bits per heavy atom. The molecule has 1 amide bonds. The van der Waals surface area contributed by atoms with E-state index in [0.29, 0.717) is 29.4 Å². The summed E-state index contributed by atoms with van der Waals surface area (Å²) in [5, 5.41) is 14.8. The van der Waals surface area contributed by atoms with E-state index in [9.17, 15) is 9.18 Å². The third kappa shape index (κ3) is 5.13. The molecule has 0 spiro atoms. The van der Waals surface area contributed by atoms with E-state index in [-0.39, 0.29) is 18.3 Å². The molecule has 0 fully saturated rings. The first-order valence-corrected chi connectivity index (χ1v) is 9.29. The van der Waals surface area contributed by atoms with Gasteiger partial charge in [0.2, 0.25) is 11.7 Å². The second-order valence-electron chi connectivity index (χ2n) is 5.50. The number of hydrogen-bond acceptors (Lipinski definition) is 5. The Bertz CT molecular complexity index is 856. The molecule has 26 heavy (non-hydrogen) atoms. The van der Waals surface area contributed by atoms with E-state index in [1.54, 1.807) is 23.9 Å². The number of thioether (sulfide) groups is 1. The van der Waals surface area contributed by atoms with E-state index in [1.807, 2.05) is 36.4 Å². The van der Waals surface area contributed by atoms with E-state index in [4.69, 9.17) is 0 Å². The van der Waals surface area contributed by atoms with Gasteiger partial charge in [-0.15, -0.1) is 10.2 Å². The molecule has 1 N–H and O–H groups in total. The fraction of sp³-hybridized carbons (Fsp3) is 0.222. The van der Waals surface area contributed by atoms with Gasteiger partial charge in [-0.2, -0.15) is 16.6 Å². The van der Waals surface area contributed by atoms with Crippen molar-refractivity contribution in [2.24, 2.45) is 0 Å². The Labute approximate surface area is 154 Å². The number of nitrogens with zero attached hydrogens (tertiary/aromatic N) is 4. The molecule has 0 radical (unpaired) electrons. The molecule has 1 aromatic heterocycles. The highest BCUT2D eigenvalue weighted by atomic mass is 32.2. The SMILES string of the molecule is O=C(Cn1nnc(-c2ccccc2)n1)NCCSCc1ccccc1F. The molecule has 2 aromatic carbocycles. The summed E-state index contributed by atoms with van der Waals surface area (Å²) in [6.45, 7) is 0.510. The van der Waals surface area contributed by atoms with Crippen LogP contribution in [0.4, 0.5) is 4.39 Å². The van der Waals surface area contributed by atoms with Crippen molar-refractivity contribution in [2.45, 2.75) is 12.3 Å². The summed E-state index contributed by atoms with van der Waals surface area (Å²) in [6.07, 6.45) is 0. The lowest BCUT2D eigenvalue weighted by molar-refractivity contribution is -0.121. The van der Waals surface area contributed by atoms with Crippen LogP contribution in [0, 0.1) is 5.82 Å². The summed E-state index contributed by atoms with van der Waals surface area (Å²) < 4.78 is 13.5. The largest absolute Gasteiger partial charge is 0.354 e. The van der Waals surface area contributed by atoms with Crippen LogP contribution >= 0.6 is 11.8 Å². The first kappa shape index (κ1) is 18.1. The Morgan fingerprint density at radius 2 is 1.88 bits per heavy atom. The fourth-order valence-electron chi connectivity index (χ4n) is 2.26. The van der Waals surface area contributed by atoms with Crippen molar-refractivity contribution in [3.8, 4) is 11.4 Å². The van der Waals surface area contributed by atoms with Gasteiger partial charge in [-0.1, -0.05) is 48.5 Å². The van der Waals surface area contributed by atoms with Gasteiger partial charge >= 0.3 is 0 Å². The molecule has 0 aliphatic carbocycles.